The maximum absolute atomic E-state index is 12.5. The lowest BCUT2D eigenvalue weighted by Gasteiger charge is -2.24. The van der Waals surface area contributed by atoms with Crippen molar-refractivity contribution in [1.29, 1.82) is 0 Å². The fourth-order valence-corrected chi connectivity index (χ4v) is 5.01. The molecule has 1 amide bonds. The minimum Gasteiger partial charge on any atom is -0.350 e. The summed E-state index contributed by atoms with van der Waals surface area (Å²) in [4.78, 5) is 14.7. The summed E-state index contributed by atoms with van der Waals surface area (Å²) in [7, 11) is 0.433. The summed E-state index contributed by atoms with van der Waals surface area (Å²) >= 11 is 1.63. The van der Waals surface area contributed by atoms with Gasteiger partial charge in [-0.25, -0.2) is 8.42 Å². The van der Waals surface area contributed by atoms with Gasteiger partial charge in [0.2, 0.25) is 10.0 Å². The van der Waals surface area contributed by atoms with Crippen LogP contribution in [0.2, 0.25) is 0 Å². The number of likely N-dealkylation sites (N-methyl/N-ethyl adjacent to an activating group) is 1. The first kappa shape index (κ1) is 21.6. The normalized spacial score (nSPS) is 13.1. The minimum absolute atomic E-state index is 0.0857. The zero-order chi connectivity index (χ0) is 20.0. The number of nitrogens with one attached hydrogen (secondary N) is 1. The van der Waals surface area contributed by atoms with Crippen LogP contribution < -0.4 is 5.32 Å². The monoisotopic (exact) mass is 409 g/mol. The van der Waals surface area contributed by atoms with Gasteiger partial charge >= 0.3 is 0 Å². The van der Waals surface area contributed by atoms with Gasteiger partial charge in [-0.05, 0) is 60.8 Å². The Morgan fingerprint density at radius 1 is 1.11 bits per heavy atom. The highest BCUT2D eigenvalue weighted by atomic mass is 32.2. The molecule has 1 N–H and O–H groups in total. The number of sulfonamides is 1. The van der Waals surface area contributed by atoms with Crippen LogP contribution in [0.4, 0.5) is 0 Å². The summed E-state index contributed by atoms with van der Waals surface area (Å²) in [6.07, 6.45) is 0. The van der Waals surface area contributed by atoms with Crippen molar-refractivity contribution in [2.45, 2.75) is 24.8 Å². The van der Waals surface area contributed by atoms with E-state index in [9.17, 15) is 13.2 Å². The average Bonchev–Trinajstić information content (AvgIpc) is 3.16. The molecule has 1 heterocycles. The molecule has 0 fully saturated rings. The van der Waals surface area contributed by atoms with E-state index in [2.05, 4.69) is 15.6 Å². The lowest BCUT2D eigenvalue weighted by Crippen LogP contribution is -2.34. The molecule has 1 aromatic carbocycles. The van der Waals surface area contributed by atoms with Gasteiger partial charge in [-0.3, -0.25) is 4.79 Å². The van der Waals surface area contributed by atoms with Crippen molar-refractivity contribution in [3.8, 4) is 0 Å². The molecule has 1 unspecified atom stereocenters. The van der Waals surface area contributed by atoms with Crippen LogP contribution in [0.5, 0.6) is 0 Å². The van der Waals surface area contributed by atoms with E-state index in [4.69, 9.17) is 0 Å². The molecule has 0 radical (unpaired) electrons. The van der Waals surface area contributed by atoms with Crippen LogP contribution in [-0.2, 0) is 10.0 Å². The van der Waals surface area contributed by atoms with E-state index in [-0.39, 0.29) is 16.8 Å². The molecule has 8 heteroatoms. The van der Waals surface area contributed by atoms with Gasteiger partial charge in [0.1, 0.15) is 0 Å². The van der Waals surface area contributed by atoms with Crippen LogP contribution in [-0.4, -0.2) is 57.3 Å². The van der Waals surface area contributed by atoms with E-state index in [1.54, 1.807) is 37.3 Å². The van der Waals surface area contributed by atoms with Crippen molar-refractivity contribution < 1.29 is 13.2 Å². The second kappa shape index (κ2) is 9.45. The molecule has 1 atom stereocenters. The largest absolute Gasteiger partial charge is 0.350 e. The topological polar surface area (TPSA) is 69.7 Å². The zero-order valence-corrected chi connectivity index (χ0v) is 17.8. The van der Waals surface area contributed by atoms with Gasteiger partial charge in [0.15, 0.2) is 0 Å². The summed E-state index contributed by atoms with van der Waals surface area (Å²) in [5, 5.41) is 7.03. The van der Waals surface area contributed by atoms with Crippen molar-refractivity contribution in [3.63, 3.8) is 0 Å². The molecule has 0 saturated heterocycles. The first-order chi connectivity index (χ1) is 12.8. The molecular weight excluding hydrogens is 382 g/mol. The van der Waals surface area contributed by atoms with Gasteiger partial charge in [0.05, 0.1) is 10.9 Å². The van der Waals surface area contributed by atoms with E-state index in [0.29, 0.717) is 25.2 Å². The first-order valence-electron chi connectivity index (χ1n) is 8.88. The van der Waals surface area contributed by atoms with Crippen LogP contribution >= 0.6 is 11.3 Å². The maximum atomic E-state index is 12.5. The van der Waals surface area contributed by atoms with E-state index in [0.717, 1.165) is 5.56 Å². The Morgan fingerprint density at radius 3 is 2.22 bits per heavy atom. The van der Waals surface area contributed by atoms with Crippen LogP contribution in [0.25, 0.3) is 0 Å². The van der Waals surface area contributed by atoms with E-state index < -0.39 is 10.0 Å². The third kappa shape index (κ3) is 5.16. The van der Waals surface area contributed by atoms with Gasteiger partial charge in [0, 0.05) is 25.2 Å². The minimum atomic E-state index is -3.51. The highest BCUT2D eigenvalue weighted by Crippen LogP contribution is 2.20. The number of rotatable bonds is 9. The molecular formula is C19H27N3O3S2. The van der Waals surface area contributed by atoms with Gasteiger partial charge in [-0.15, -0.1) is 0 Å². The first-order valence-corrected chi connectivity index (χ1v) is 11.3. The molecule has 2 aromatic rings. The highest BCUT2D eigenvalue weighted by molar-refractivity contribution is 7.89. The summed E-state index contributed by atoms with van der Waals surface area (Å²) in [6.45, 7) is 4.91. The van der Waals surface area contributed by atoms with Crippen molar-refractivity contribution >= 4 is 27.3 Å². The standard InChI is InChI=1S/C19H27N3O3S2/c1-5-22(6-2)27(24,25)17-9-7-15(8-10-17)19(23)20-13-18(21(3)4)16-11-12-26-14-16/h7-12,14,18H,5-6,13H2,1-4H3,(H,20,23). The van der Waals surface area contributed by atoms with Gasteiger partial charge in [0.25, 0.3) is 5.91 Å². The molecule has 0 aliphatic rings. The number of hydrogen-bond acceptors (Lipinski definition) is 5. The van der Waals surface area contributed by atoms with Crippen LogP contribution in [0, 0.1) is 0 Å². The number of thiophene rings is 1. The van der Waals surface area contributed by atoms with Gasteiger partial charge < -0.3 is 10.2 Å². The number of hydrogen-bond donors (Lipinski definition) is 1. The Labute approximate surface area is 165 Å². The van der Waals surface area contributed by atoms with Gasteiger partial charge in [-0.1, -0.05) is 13.8 Å². The maximum Gasteiger partial charge on any atom is 0.251 e. The number of benzene rings is 1. The number of carbonyl (C=O) groups excluding carboxylic acids is 1. The molecule has 0 aliphatic carbocycles. The zero-order valence-electron chi connectivity index (χ0n) is 16.2. The third-order valence-corrected chi connectivity index (χ3v) is 7.23. The van der Waals surface area contributed by atoms with Crippen LogP contribution in [0.1, 0.15) is 35.8 Å². The Balaban J connectivity index is 2.07. The smallest absolute Gasteiger partial charge is 0.251 e. The Hall–Kier alpha value is -1.74. The molecule has 6 nitrogen and oxygen atoms in total. The molecule has 0 spiro atoms. The van der Waals surface area contributed by atoms with E-state index >= 15 is 0 Å². The number of nitrogens with zero attached hydrogens (tertiary/aromatic N) is 2. The summed E-state index contributed by atoms with van der Waals surface area (Å²) < 4.78 is 26.4. The Bertz CT molecular complexity index is 828. The highest BCUT2D eigenvalue weighted by Gasteiger charge is 2.22. The van der Waals surface area contributed by atoms with E-state index in [1.165, 1.54) is 16.4 Å². The van der Waals surface area contributed by atoms with Gasteiger partial charge in [-0.2, -0.15) is 15.6 Å². The van der Waals surface area contributed by atoms with E-state index in [1.807, 2.05) is 25.5 Å². The molecule has 0 aliphatic heterocycles. The summed E-state index contributed by atoms with van der Waals surface area (Å²) in [6, 6.07) is 8.23. The Kier molecular flexibility index (Phi) is 7.55. The molecule has 27 heavy (non-hydrogen) atoms. The predicted molar refractivity (Wildman–Crippen MR) is 110 cm³/mol. The predicted octanol–water partition coefficient (Wildman–Crippen LogP) is 2.81. The summed E-state index contributed by atoms with van der Waals surface area (Å²) in [5.41, 5.74) is 1.60. The molecule has 148 valence electrons. The second-order valence-corrected chi connectivity index (χ2v) is 9.08. The second-order valence-electron chi connectivity index (χ2n) is 6.36. The van der Waals surface area contributed by atoms with Crippen molar-refractivity contribution in [3.05, 3.63) is 52.2 Å². The quantitative estimate of drug-likeness (QED) is 0.691. The Morgan fingerprint density at radius 2 is 1.74 bits per heavy atom. The third-order valence-electron chi connectivity index (χ3n) is 4.47. The average molecular weight is 410 g/mol. The van der Waals surface area contributed by atoms with Crippen LogP contribution in [0.3, 0.4) is 0 Å². The summed E-state index contributed by atoms with van der Waals surface area (Å²) in [5.74, 6) is -0.219. The lowest BCUT2D eigenvalue weighted by atomic mass is 10.1. The number of carbonyl (C=O) groups is 1. The fourth-order valence-electron chi connectivity index (χ4n) is 2.85. The molecule has 2 rings (SSSR count). The number of amides is 1. The van der Waals surface area contributed by atoms with Crippen LogP contribution in [0.15, 0.2) is 46.0 Å². The SMILES string of the molecule is CCN(CC)S(=O)(=O)c1ccc(C(=O)NCC(c2ccsc2)N(C)C)cc1. The molecule has 0 saturated carbocycles. The molecule has 1 aromatic heterocycles. The van der Waals surface area contributed by atoms with Crippen molar-refractivity contribution in [2.75, 3.05) is 33.7 Å². The van der Waals surface area contributed by atoms with Crippen molar-refractivity contribution in [1.82, 2.24) is 14.5 Å². The fraction of sp³-hybridized carbons (Fsp3) is 0.421. The van der Waals surface area contributed by atoms with Crippen molar-refractivity contribution in [2.24, 2.45) is 0 Å². The lowest BCUT2D eigenvalue weighted by molar-refractivity contribution is 0.0942. The molecule has 0 bridgehead atoms.